The molecular formula is C33H30FN7O2. The fourth-order valence-corrected chi connectivity index (χ4v) is 5.28. The van der Waals surface area contributed by atoms with E-state index in [1.807, 2.05) is 36.4 Å². The van der Waals surface area contributed by atoms with Crippen LogP contribution < -0.4 is 15.5 Å². The minimum atomic E-state index is -0.522. The van der Waals surface area contributed by atoms with Crippen LogP contribution in [0.2, 0.25) is 0 Å². The standard InChI is InChI=1S/C33H30FN7O2/c1-2-27(42)18-21-9-6-10-22(17-21)29-28-30(32(43)35-24-12-7-11-23(34)19-24)39-40-31(28)38-33(37-29)36-25-13-8-14-26(20-25)41-15-4-3-5-16-41/h2,6-14,17,19-20H,1,3-5,15-16,18H2,(H,35,43)(H2,36,37,38,39,40). The number of hydrogen-bond acceptors (Lipinski definition) is 7. The minimum absolute atomic E-state index is 0.112. The number of aromatic amines is 1. The zero-order valence-electron chi connectivity index (χ0n) is 23.4. The summed E-state index contributed by atoms with van der Waals surface area (Å²) in [6.07, 6.45) is 5.07. The Kier molecular flexibility index (Phi) is 7.90. The van der Waals surface area contributed by atoms with Crippen molar-refractivity contribution in [3.8, 4) is 11.3 Å². The monoisotopic (exact) mass is 575 g/mol. The lowest BCUT2D eigenvalue weighted by molar-refractivity contribution is -0.114. The van der Waals surface area contributed by atoms with Crippen LogP contribution in [0.25, 0.3) is 22.3 Å². The van der Waals surface area contributed by atoms with Gasteiger partial charge in [-0.05, 0) is 73.4 Å². The third-order valence-electron chi connectivity index (χ3n) is 7.35. The average Bonchev–Trinajstić information content (AvgIpc) is 3.45. The maximum atomic E-state index is 13.8. The van der Waals surface area contributed by atoms with Gasteiger partial charge in [0.1, 0.15) is 11.5 Å². The first-order valence-electron chi connectivity index (χ1n) is 14.2. The second-order valence-corrected chi connectivity index (χ2v) is 10.4. The number of piperidine rings is 1. The van der Waals surface area contributed by atoms with Crippen molar-refractivity contribution in [2.75, 3.05) is 28.6 Å². The largest absolute Gasteiger partial charge is 0.371 e. The van der Waals surface area contributed by atoms with Gasteiger partial charge in [0, 0.05) is 42.1 Å². The molecule has 5 aromatic rings. The number of carbonyl (C=O) groups excluding carboxylic acids is 2. The van der Waals surface area contributed by atoms with E-state index in [-0.39, 0.29) is 23.5 Å². The summed E-state index contributed by atoms with van der Waals surface area (Å²) in [6, 6.07) is 21.1. The summed E-state index contributed by atoms with van der Waals surface area (Å²) in [5.41, 5.74) is 4.54. The highest BCUT2D eigenvalue weighted by atomic mass is 19.1. The summed E-state index contributed by atoms with van der Waals surface area (Å²) in [4.78, 5) is 37.3. The molecule has 3 heterocycles. The van der Waals surface area contributed by atoms with Crippen molar-refractivity contribution in [3.05, 3.63) is 103 Å². The molecule has 0 aliphatic carbocycles. The third kappa shape index (κ3) is 6.28. The smallest absolute Gasteiger partial charge is 0.274 e. The van der Waals surface area contributed by atoms with Crippen LogP contribution in [0.15, 0.2) is 85.5 Å². The number of allylic oxidation sites excluding steroid dienone is 1. The normalized spacial score (nSPS) is 13.1. The van der Waals surface area contributed by atoms with Crippen molar-refractivity contribution in [1.29, 1.82) is 0 Å². The molecule has 2 aromatic heterocycles. The van der Waals surface area contributed by atoms with Crippen LogP contribution in [0, 0.1) is 5.82 Å². The predicted octanol–water partition coefficient (Wildman–Crippen LogP) is 6.44. The highest BCUT2D eigenvalue weighted by Crippen LogP contribution is 2.32. The zero-order valence-corrected chi connectivity index (χ0v) is 23.4. The van der Waals surface area contributed by atoms with Crippen molar-refractivity contribution >= 4 is 45.7 Å². The molecule has 6 rings (SSSR count). The SMILES string of the molecule is C=CC(=O)Cc1cccc(-c2nc(Nc3cccc(N4CCCCC4)c3)nc3n[nH]c(C(=O)Nc4cccc(F)c4)c23)c1. The number of halogens is 1. The number of ketones is 1. The molecule has 0 bridgehead atoms. The van der Waals surface area contributed by atoms with Crippen LogP contribution >= 0.6 is 0 Å². The Balaban J connectivity index is 1.40. The average molecular weight is 576 g/mol. The van der Waals surface area contributed by atoms with Gasteiger partial charge < -0.3 is 15.5 Å². The van der Waals surface area contributed by atoms with Crippen molar-refractivity contribution < 1.29 is 14.0 Å². The molecule has 0 saturated carbocycles. The number of amides is 1. The first kappa shape index (κ1) is 27.8. The van der Waals surface area contributed by atoms with Crippen molar-refractivity contribution in [3.63, 3.8) is 0 Å². The number of anilines is 4. The lowest BCUT2D eigenvalue weighted by Crippen LogP contribution is -2.29. The highest BCUT2D eigenvalue weighted by molar-refractivity contribution is 6.13. The number of carbonyl (C=O) groups is 2. The van der Waals surface area contributed by atoms with Crippen LogP contribution in [-0.4, -0.2) is 44.9 Å². The maximum absolute atomic E-state index is 13.8. The molecule has 1 amide bonds. The Hall–Kier alpha value is -5.38. The van der Waals surface area contributed by atoms with Gasteiger partial charge in [0.05, 0.1) is 11.1 Å². The Morgan fingerprint density at radius 1 is 0.953 bits per heavy atom. The molecule has 0 spiro atoms. The maximum Gasteiger partial charge on any atom is 0.274 e. The molecule has 0 unspecified atom stereocenters. The number of fused-ring (bicyclic) bond motifs is 1. The fourth-order valence-electron chi connectivity index (χ4n) is 5.28. The molecule has 0 radical (unpaired) electrons. The van der Waals surface area contributed by atoms with Crippen molar-refractivity contribution in [2.45, 2.75) is 25.7 Å². The van der Waals surface area contributed by atoms with Gasteiger partial charge in [-0.2, -0.15) is 10.1 Å². The summed E-state index contributed by atoms with van der Waals surface area (Å²) in [5, 5.41) is 13.6. The molecule has 3 aromatic carbocycles. The highest BCUT2D eigenvalue weighted by Gasteiger charge is 2.22. The van der Waals surface area contributed by atoms with Gasteiger partial charge >= 0.3 is 0 Å². The van der Waals surface area contributed by atoms with Crippen molar-refractivity contribution in [2.24, 2.45) is 0 Å². The number of benzene rings is 3. The molecule has 43 heavy (non-hydrogen) atoms. The summed E-state index contributed by atoms with van der Waals surface area (Å²) >= 11 is 0. The first-order chi connectivity index (χ1) is 21.0. The molecule has 3 N–H and O–H groups in total. The van der Waals surface area contributed by atoms with Gasteiger partial charge in [-0.1, -0.05) is 36.9 Å². The quantitative estimate of drug-likeness (QED) is 0.173. The van der Waals surface area contributed by atoms with E-state index in [1.165, 1.54) is 43.5 Å². The molecule has 0 atom stereocenters. The Labute approximate surface area is 247 Å². The molecular weight excluding hydrogens is 545 g/mol. The molecule has 9 nitrogen and oxygen atoms in total. The Morgan fingerprint density at radius 3 is 2.56 bits per heavy atom. The number of nitrogens with zero attached hydrogens (tertiary/aromatic N) is 4. The minimum Gasteiger partial charge on any atom is -0.371 e. The van der Waals surface area contributed by atoms with E-state index in [1.54, 1.807) is 6.07 Å². The van der Waals surface area contributed by atoms with E-state index >= 15 is 0 Å². The lowest BCUT2D eigenvalue weighted by atomic mass is 10.0. The summed E-state index contributed by atoms with van der Waals surface area (Å²) in [5.74, 6) is -0.804. The van der Waals surface area contributed by atoms with E-state index in [0.717, 1.165) is 30.0 Å². The van der Waals surface area contributed by atoms with Crippen LogP contribution in [0.5, 0.6) is 0 Å². The van der Waals surface area contributed by atoms with Crippen LogP contribution in [0.4, 0.5) is 27.4 Å². The van der Waals surface area contributed by atoms with Gasteiger partial charge in [0.25, 0.3) is 5.91 Å². The second kappa shape index (κ2) is 12.2. The first-order valence-corrected chi connectivity index (χ1v) is 14.2. The molecule has 216 valence electrons. The summed E-state index contributed by atoms with van der Waals surface area (Å²) in [6.45, 7) is 5.61. The number of H-pyrrole nitrogens is 1. The van der Waals surface area contributed by atoms with E-state index in [2.05, 4.69) is 49.4 Å². The number of rotatable bonds is 9. The van der Waals surface area contributed by atoms with Gasteiger partial charge in [0.2, 0.25) is 5.95 Å². The third-order valence-corrected chi connectivity index (χ3v) is 7.35. The van der Waals surface area contributed by atoms with E-state index < -0.39 is 11.7 Å². The van der Waals surface area contributed by atoms with Gasteiger partial charge in [0.15, 0.2) is 11.4 Å². The van der Waals surface area contributed by atoms with Crippen LogP contribution in [0.3, 0.4) is 0 Å². The molecule has 1 aliphatic rings. The van der Waals surface area contributed by atoms with E-state index in [9.17, 15) is 14.0 Å². The van der Waals surface area contributed by atoms with Gasteiger partial charge in [-0.15, -0.1) is 0 Å². The molecule has 1 aliphatic heterocycles. The zero-order chi connectivity index (χ0) is 29.8. The summed E-state index contributed by atoms with van der Waals surface area (Å²) < 4.78 is 13.8. The topological polar surface area (TPSA) is 116 Å². The predicted molar refractivity (Wildman–Crippen MR) is 166 cm³/mol. The number of nitrogens with one attached hydrogen (secondary N) is 3. The van der Waals surface area contributed by atoms with E-state index in [0.29, 0.717) is 28.3 Å². The van der Waals surface area contributed by atoms with Crippen LogP contribution in [0.1, 0.15) is 35.3 Å². The van der Waals surface area contributed by atoms with Gasteiger partial charge in [-0.25, -0.2) is 9.37 Å². The Morgan fingerprint density at radius 2 is 1.74 bits per heavy atom. The molecule has 1 fully saturated rings. The second-order valence-electron chi connectivity index (χ2n) is 10.4. The fraction of sp³-hybridized carbons (Fsp3) is 0.182. The summed E-state index contributed by atoms with van der Waals surface area (Å²) in [7, 11) is 0. The van der Waals surface area contributed by atoms with Crippen molar-refractivity contribution in [1.82, 2.24) is 20.2 Å². The number of aromatic nitrogens is 4. The Bertz CT molecular complexity index is 1830. The van der Waals surface area contributed by atoms with E-state index in [4.69, 9.17) is 4.98 Å². The van der Waals surface area contributed by atoms with Crippen LogP contribution in [-0.2, 0) is 11.2 Å². The molecule has 10 heteroatoms. The molecule has 1 saturated heterocycles. The lowest BCUT2D eigenvalue weighted by Gasteiger charge is -2.29. The van der Waals surface area contributed by atoms with Gasteiger partial charge in [-0.3, -0.25) is 14.7 Å². The number of hydrogen-bond donors (Lipinski definition) is 3.